The number of nitrogens with one attached hydrogen (secondary N) is 1. The van der Waals surface area contributed by atoms with Crippen LogP contribution in [0.2, 0.25) is 0 Å². The number of aliphatic hydroxyl groups excluding tert-OH is 1. The number of carbonyl (C=O) groups excluding carboxylic acids is 4. The average molecular weight is 669 g/mol. The number of rotatable bonds is 10. The lowest BCUT2D eigenvalue weighted by Crippen LogP contribution is -2.73. The first-order valence-corrected chi connectivity index (χ1v) is 16.6. The summed E-state index contributed by atoms with van der Waals surface area (Å²) in [5.41, 5.74) is 2.63. The summed E-state index contributed by atoms with van der Waals surface area (Å²) in [4.78, 5) is 56.1. The largest absolute Gasteiger partial charge is 0.459 e. The monoisotopic (exact) mass is 668 g/mol. The molecular formula is C41H36N2O7. The quantitative estimate of drug-likeness (QED) is 0.121. The van der Waals surface area contributed by atoms with Gasteiger partial charge < -0.3 is 24.8 Å². The van der Waals surface area contributed by atoms with E-state index in [0.717, 1.165) is 27.5 Å². The van der Waals surface area contributed by atoms with Gasteiger partial charge in [0.25, 0.3) is 0 Å². The van der Waals surface area contributed by atoms with Crippen LogP contribution < -0.4 is 5.32 Å². The summed E-state index contributed by atoms with van der Waals surface area (Å²) in [7, 11) is 0. The number of esters is 2. The number of nitrogens with zero attached hydrogens (tertiary/aromatic N) is 1. The number of benzene rings is 5. The van der Waals surface area contributed by atoms with Crippen molar-refractivity contribution < 1.29 is 33.8 Å². The Morgan fingerprint density at radius 1 is 0.760 bits per heavy atom. The smallest absolute Gasteiger partial charge is 0.329 e. The molecule has 0 bridgehead atoms. The molecule has 2 aliphatic heterocycles. The fourth-order valence-corrected chi connectivity index (χ4v) is 7.06. The highest BCUT2D eigenvalue weighted by Crippen LogP contribution is 2.40. The molecule has 252 valence electrons. The minimum absolute atomic E-state index is 0.00364. The maximum absolute atomic E-state index is 14.0. The first-order chi connectivity index (χ1) is 24.3. The molecule has 0 radical (unpaired) electrons. The normalized spacial score (nSPS) is 21.6. The summed E-state index contributed by atoms with van der Waals surface area (Å²) < 4.78 is 11.7. The molecule has 5 unspecified atom stereocenters. The second kappa shape index (κ2) is 14.0. The van der Waals surface area contributed by atoms with Crippen molar-refractivity contribution in [3.05, 3.63) is 156 Å². The third kappa shape index (κ3) is 6.23. The van der Waals surface area contributed by atoms with Crippen molar-refractivity contribution in [2.24, 2.45) is 5.92 Å². The number of ether oxygens (including phenoxy) is 2. The molecule has 0 saturated carbocycles. The summed E-state index contributed by atoms with van der Waals surface area (Å²) >= 11 is 0. The molecule has 2 aliphatic rings. The number of hydrogen-bond donors (Lipinski definition) is 2. The van der Waals surface area contributed by atoms with Crippen LogP contribution in [0.15, 0.2) is 133 Å². The SMILES string of the molecule is CC1C(O)[C@@H]2C(NC(=O)C(C(=O)OC(c3ccccc3)c3ccccc3)c3ccccc3)C(=O)N2C1C(=O)OCc1ccc2ccccc2c1. The van der Waals surface area contributed by atoms with Gasteiger partial charge in [0.2, 0.25) is 11.8 Å². The van der Waals surface area contributed by atoms with Crippen molar-refractivity contribution in [1.29, 1.82) is 0 Å². The number of carbonyl (C=O) groups is 4. The van der Waals surface area contributed by atoms with Gasteiger partial charge in [0.05, 0.1) is 12.1 Å². The highest BCUT2D eigenvalue weighted by atomic mass is 16.5. The molecule has 6 atom stereocenters. The van der Waals surface area contributed by atoms with E-state index in [-0.39, 0.29) is 6.61 Å². The highest BCUT2D eigenvalue weighted by Gasteiger charge is 2.64. The van der Waals surface area contributed by atoms with Crippen LogP contribution >= 0.6 is 0 Å². The molecular weight excluding hydrogens is 632 g/mol. The van der Waals surface area contributed by atoms with Crippen LogP contribution in [0.3, 0.4) is 0 Å². The predicted molar refractivity (Wildman–Crippen MR) is 185 cm³/mol. The summed E-state index contributed by atoms with van der Waals surface area (Å²) in [6, 6.07) is 37.5. The first kappa shape index (κ1) is 32.7. The zero-order chi connectivity index (χ0) is 34.8. The Bertz CT molecular complexity index is 1980. The van der Waals surface area contributed by atoms with Crippen LogP contribution in [0.5, 0.6) is 0 Å². The number of fused-ring (bicyclic) bond motifs is 2. The predicted octanol–water partition coefficient (Wildman–Crippen LogP) is 5.07. The van der Waals surface area contributed by atoms with Crippen molar-refractivity contribution in [3.8, 4) is 0 Å². The number of amides is 2. The molecule has 9 nitrogen and oxygen atoms in total. The molecule has 2 N–H and O–H groups in total. The van der Waals surface area contributed by atoms with Crippen LogP contribution in [0.1, 0.15) is 41.2 Å². The number of β-lactam (4-membered cyclic amide) rings is 1. The lowest BCUT2D eigenvalue weighted by atomic mass is 9.90. The fraction of sp³-hybridized carbons (Fsp3) is 0.220. The lowest BCUT2D eigenvalue weighted by molar-refractivity contribution is -0.167. The molecule has 2 heterocycles. The Labute approximate surface area is 289 Å². The van der Waals surface area contributed by atoms with Gasteiger partial charge >= 0.3 is 11.9 Å². The van der Waals surface area contributed by atoms with E-state index in [1.807, 2.05) is 103 Å². The lowest BCUT2D eigenvalue weighted by Gasteiger charge is -2.45. The molecule has 2 amide bonds. The van der Waals surface area contributed by atoms with Crippen LogP contribution in [0, 0.1) is 5.92 Å². The zero-order valence-corrected chi connectivity index (χ0v) is 27.3. The van der Waals surface area contributed by atoms with E-state index in [2.05, 4.69) is 5.32 Å². The Morgan fingerprint density at radius 3 is 1.94 bits per heavy atom. The molecule has 9 heteroatoms. The van der Waals surface area contributed by atoms with E-state index in [1.165, 1.54) is 4.90 Å². The van der Waals surface area contributed by atoms with Gasteiger partial charge in [-0.15, -0.1) is 0 Å². The molecule has 0 spiro atoms. The third-order valence-electron chi connectivity index (χ3n) is 9.67. The standard InChI is InChI=1S/C41H36N2O7/c1-25-34(41(48)49-24-26-21-22-27-13-11-12-20-31(27)23-26)43-35(36(25)44)33(39(43)46)42-38(45)32(28-14-5-2-6-15-28)40(47)50-37(29-16-7-3-8-17-29)30-18-9-4-10-19-30/h2-23,25,32-37,44H,24H2,1H3,(H,42,45)/t25?,32?,33?,34?,35-,36?/m0/s1. The molecule has 2 fully saturated rings. The topological polar surface area (TPSA) is 122 Å². The molecule has 7 rings (SSSR count). The van der Waals surface area contributed by atoms with E-state index < -0.39 is 65.9 Å². The van der Waals surface area contributed by atoms with Gasteiger partial charge in [-0.3, -0.25) is 14.4 Å². The molecule has 0 aliphatic carbocycles. The first-order valence-electron chi connectivity index (χ1n) is 16.6. The van der Waals surface area contributed by atoms with E-state index in [9.17, 15) is 24.3 Å². The van der Waals surface area contributed by atoms with Crippen LogP contribution in [-0.4, -0.2) is 58.0 Å². The fourth-order valence-electron chi connectivity index (χ4n) is 7.06. The van der Waals surface area contributed by atoms with Crippen molar-refractivity contribution in [1.82, 2.24) is 10.2 Å². The molecule has 0 aromatic heterocycles. The van der Waals surface area contributed by atoms with Gasteiger partial charge in [-0.25, -0.2) is 4.79 Å². The second-order valence-corrected chi connectivity index (χ2v) is 12.8. The number of hydrogen-bond acceptors (Lipinski definition) is 7. The van der Waals surface area contributed by atoms with Crippen molar-refractivity contribution in [2.45, 2.75) is 49.8 Å². The van der Waals surface area contributed by atoms with Crippen molar-refractivity contribution >= 4 is 34.5 Å². The summed E-state index contributed by atoms with van der Waals surface area (Å²) in [5.74, 6) is -4.78. The maximum atomic E-state index is 14.0. The maximum Gasteiger partial charge on any atom is 0.329 e. The molecule has 50 heavy (non-hydrogen) atoms. The van der Waals surface area contributed by atoms with Gasteiger partial charge in [0.15, 0.2) is 12.0 Å². The third-order valence-corrected chi connectivity index (χ3v) is 9.67. The van der Waals surface area contributed by atoms with E-state index >= 15 is 0 Å². The van der Waals surface area contributed by atoms with Crippen LogP contribution in [-0.2, 0) is 35.3 Å². The zero-order valence-electron chi connectivity index (χ0n) is 27.3. The average Bonchev–Trinajstić information content (AvgIpc) is 3.39. The minimum Gasteiger partial charge on any atom is -0.459 e. The molecule has 5 aromatic carbocycles. The Kier molecular flexibility index (Phi) is 9.15. The van der Waals surface area contributed by atoms with Gasteiger partial charge in [-0.05, 0) is 39.1 Å². The highest BCUT2D eigenvalue weighted by molar-refractivity contribution is 6.06. The van der Waals surface area contributed by atoms with Gasteiger partial charge in [-0.2, -0.15) is 0 Å². The van der Waals surface area contributed by atoms with Crippen molar-refractivity contribution in [2.75, 3.05) is 0 Å². The Morgan fingerprint density at radius 2 is 1.32 bits per heavy atom. The summed E-state index contributed by atoms with van der Waals surface area (Å²) in [6.07, 6.45) is -1.90. The van der Waals surface area contributed by atoms with Crippen LogP contribution in [0.25, 0.3) is 10.8 Å². The Balaban J connectivity index is 1.07. The summed E-state index contributed by atoms with van der Waals surface area (Å²) in [5, 5.41) is 16.0. The Hall–Kier alpha value is -5.80. The van der Waals surface area contributed by atoms with E-state index in [0.29, 0.717) is 5.56 Å². The van der Waals surface area contributed by atoms with Gasteiger partial charge in [0, 0.05) is 5.92 Å². The van der Waals surface area contributed by atoms with Gasteiger partial charge in [-0.1, -0.05) is 134 Å². The van der Waals surface area contributed by atoms with E-state index in [4.69, 9.17) is 9.47 Å². The molecule has 2 saturated heterocycles. The van der Waals surface area contributed by atoms with Gasteiger partial charge in [0.1, 0.15) is 18.7 Å². The van der Waals surface area contributed by atoms with Crippen molar-refractivity contribution in [3.63, 3.8) is 0 Å². The van der Waals surface area contributed by atoms with Crippen LogP contribution in [0.4, 0.5) is 0 Å². The minimum atomic E-state index is -1.41. The number of aliphatic hydroxyl groups is 1. The second-order valence-electron chi connectivity index (χ2n) is 12.8. The van der Waals surface area contributed by atoms with E-state index in [1.54, 1.807) is 37.3 Å². The molecule has 5 aromatic rings. The summed E-state index contributed by atoms with van der Waals surface area (Å²) in [6.45, 7) is 1.68.